The van der Waals surface area contributed by atoms with Crippen molar-refractivity contribution in [3.8, 4) is 0 Å². The number of ether oxygens (including phenoxy) is 1. The summed E-state index contributed by atoms with van der Waals surface area (Å²) in [6.07, 6.45) is 12.6. The quantitative estimate of drug-likeness (QED) is 0.586. The van der Waals surface area contributed by atoms with Gasteiger partial charge in [0.05, 0.1) is 6.10 Å². The van der Waals surface area contributed by atoms with Gasteiger partial charge in [-0.2, -0.15) is 0 Å². The monoisotopic (exact) mass is 241 g/mol. The van der Waals surface area contributed by atoms with E-state index in [4.69, 9.17) is 4.74 Å². The Hall–Kier alpha value is -0.0800. The molecular formula is C15H31NO. The second kappa shape index (κ2) is 9.90. The van der Waals surface area contributed by atoms with Gasteiger partial charge < -0.3 is 10.1 Å². The van der Waals surface area contributed by atoms with Gasteiger partial charge in [-0.05, 0) is 38.6 Å². The Labute approximate surface area is 108 Å². The molecule has 0 aromatic rings. The fourth-order valence-corrected chi connectivity index (χ4v) is 2.80. The van der Waals surface area contributed by atoms with Gasteiger partial charge in [-0.1, -0.05) is 39.5 Å². The van der Waals surface area contributed by atoms with Gasteiger partial charge in [0.2, 0.25) is 0 Å². The predicted octanol–water partition coefficient (Wildman–Crippen LogP) is 3.89. The van der Waals surface area contributed by atoms with Gasteiger partial charge in [-0.3, -0.25) is 0 Å². The molecule has 0 bridgehead atoms. The van der Waals surface area contributed by atoms with Gasteiger partial charge in [0.1, 0.15) is 0 Å². The van der Waals surface area contributed by atoms with Crippen LogP contribution in [0.4, 0.5) is 0 Å². The van der Waals surface area contributed by atoms with E-state index in [9.17, 15) is 0 Å². The van der Waals surface area contributed by atoms with Crippen LogP contribution < -0.4 is 5.32 Å². The largest absolute Gasteiger partial charge is 0.378 e. The van der Waals surface area contributed by atoms with Crippen LogP contribution in [0.1, 0.15) is 71.6 Å². The van der Waals surface area contributed by atoms with Crippen LogP contribution in [0.15, 0.2) is 0 Å². The molecule has 1 aliphatic heterocycles. The molecule has 1 rings (SSSR count). The minimum atomic E-state index is 0.593. The van der Waals surface area contributed by atoms with Gasteiger partial charge in [0.25, 0.3) is 0 Å². The zero-order valence-electron chi connectivity index (χ0n) is 11.8. The molecule has 0 saturated carbocycles. The first-order chi connectivity index (χ1) is 8.36. The molecule has 2 nitrogen and oxygen atoms in total. The van der Waals surface area contributed by atoms with Crippen LogP contribution in [-0.2, 0) is 4.74 Å². The highest BCUT2D eigenvalue weighted by Crippen LogP contribution is 2.19. The van der Waals surface area contributed by atoms with Crippen LogP contribution in [0.3, 0.4) is 0 Å². The lowest BCUT2D eigenvalue weighted by molar-refractivity contribution is 0.102. The number of rotatable bonds is 10. The van der Waals surface area contributed by atoms with Crippen molar-refractivity contribution in [2.24, 2.45) is 0 Å². The van der Waals surface area contributed by atoms with E-state index >= 15 is 0 Å². The maximum Gasteiger partial charge on any atom is 0.0576 e. The van der Waals surface area contributed by atoms with Crippen LogP contribution in [-0.4, -0.2) is 25.3 Å². The fourth-order valence-electron chi connectivity index (χ4n) is 2.80. The third-order valence-corrected chi connectivity index (χ3v) is 3.73. The highest BCUT2D eigenvalue weighted by molar-refractivity contribution is 4.67. The third-order valence-electron chi connectivity index (χ3n) is 3.73. The van der Waals surface area contributed by atoms with Crippen molar-refractivity contribution in [2.75, 3.05) is 13.2 Å². The van der Waals surface area contributed by atoms with Crippen molar-refractivity contribution < 1.29 is 4.74 Å². The Morgan fingerprint density at radius 1 is 1.18 bits per heavy atom. The second-order valence-corrected chi connectivity index (χ2v) is 5.32. The van der Waals surface area contributed by atoms with Crippen molar-refractivity contribution in [1.29, 1.82) is 0 Å². The van der Waals surface area contributed by atoms with Crippen molar-refractivity contribution >= 4 is 0 Å². The summed E-state index contributed by atoms with van der Waals surface area (Å²) in [7, 11) is 0. The van der Waals surface area contributed by atoms with Crippen LogP contribution in [0.2, 0.25) is 0 Å². The summed E-state index contributed by atoms with van der Waals surface area (Å²) in [5.41, 5.74) is 0. The van der Waals surface area contributed by atoms with Crippen molar-refractivity contribution in [2.45, 2.75) is 83.8 Å². The molecule has 0 aromatic carbocycles. The molecule has 1 aliphatic rings. The first-order valence-corrected chi connectivity index (χ1v) is 7.71. The van der Waals surface area contributed by atoms with E-state index in [-0.39, 0.29) is 0 Å². The van der Waals surface area contributed by atoms with Gasteiger partial charge in [0.15, 0.2) is 0 Å². The lowest BCUT2D eigenvalue weighted by Crippen LogP contribution is -2.28. The minimum absolute atomic E-state index is 0.593. The molecule has 0 amide bonds. The molecule has 1 fully saturated rings. The van der Waals surface area contributed by atoms with E-state index in [0.717, 1.165) is 19.2 Å². The van der Waals surface area contributed by atoms with E-state index < -0.39 is 0 Å². The normalized spacial score (nSPS) is 21.9. The molecule has 0 aliphatic carbocycles. The molecule has 1 N–H and O–H groups in total. The Kier molecular flexibility index (Phi) is 8.72. The van der Waals surface area contributed by atoms with E-state index in [1.54, 1.807) is 0 Å². The molecule has 102 valence electrons. The van der Waals surface area contributed by atoms with E-state index in [1.807, 2.05) is 0 Å². The molecule has 2 unspecified atom stereocenters. The number of hydrogen-bond donors (Lipinski definition) is 1. The summed E-state index contributed by atoms with van der Waals surface area (Å²) >= 11 is 0. The van der Waals surface area contributed by atoms with Crippen molar-refractivity contribution in [1.82, 2.24) is 5.32 Å². The molecule has 2 atom stereocenters. The number of hydrogen-bond acceptors (Lipinski definition) is 2. The molecule has 0 aromatic heterocycles. The Balaban J connectivity index is 1.93. The average Bonchev–Trinajstić information content (AvgIpc) is 2.82. The van der Waals surface area contributed by atoms with Crippen molar-refractivity contribution in [3.05, 3.63) is 0 Å². The Morgan fingerprint density at radius 2 is 2.06 bits per heavy atom. The highest BCUT2D eigenvalue weighted by Gasteiger charge is 2.14. The number of unbranched alkanes of at least 4 members (excludes halogenated alkanes) is 2. The standard InChI is InChI=1S/C15H31NO/c1-3-9-14(16-4-2)10-6-5-7-11-15-12-8-13-17-15/h14-16H,3-13H2,1-2H3. The van der Waals surface area contributed by atoms with E-state index in [2.05, 4.69) is 19.2 Å². The molecular weight excluding hydrogens is 210 g/mol. The second-order valence-electron chi connectivity index (χ2n) is 5.32. The lowest BCUT2D eigenvalue weighted by atomic mass is 10.0. The predicted molar refractivity (Wildman–Crippen MR) is 74.4 cm³/mol. The maximum absolute atomic E-state index is 5.65. The van der Waals surface area contributed by atoms with E-state index in [1.165, 1.54) is 57.8 Å². The summed E-state index contributed by atoms with van der Waals surface area (Å²) in [6, 6.07) is 0.757. The van der Waals surface area contributed by atoms with Crippen LogP contribution in [0.5, 0.6) is 0 Å². The summed E-state index contributed by atoms with van der Waals surface area (Å²) in [5, 5.41) is 3.59. The number of nitrogens with one attached hydrogen (secondary N) is 1. The van der Waals surface area contributed by atoms with E-state index in [0.29, 0.717) is 6.10 Å². The SMILES string of the molecule is CCCC(CCCCCC1CCCO1)NCC. The third kappa shape index (κ3) is 7.05. The van der Waals surface area contributed by atoms with Crippen LogP contribution in [0, 0.1) is 0 Å². The zero-order chi connectivity index (χ0) is 12.3. The molecule has 1 saturated heterocycles. The Morgan fingerprint density at radius 3 is 2.71 bits per heavy atom. The first-order valence-electron chi connectivity index (χ1n) is 7.71. The smallest absolute Gasteiger partial charge is 0.0576 e. The summed E-state index contributed by atoms with van der Waals surface area (Å²) < 4.78 is 5.65. The topological polar surface area (TPSA) is 21.3 Å². The summed E-state index contributed by atoms with van der Waals surface area (Å²) in [4.78, 5) is 0. The molecule has 0 radical (unpaired) electrons. The minimum Gasteiger partial charge on any atom is -0.378 e. The van der Waals surface area contributed by atoms with Gasteiger partial charge >= 0.3 is 0 Å². The van der Waals surface area contributed by atoms with Gasteiger partial charge in [0, 0.05) is 12.6 Å². The average molecular weight is 241 g/mol. The van der Waals surface area contributed by atoms with Crippen LogP contribution >= 0.6 is 0 Å². The fraction of sp³-hybridized carbons (Fsp3) is 1.00. The van der Waals surface area contributed by atoms with Gasteiger partial charge in [-0.25, -0.2) is 0 Å². The molecule has 1 heterocycles. The molecule has 17 heavy (non-hydrogen) atoms. The Bertz CT molecular complexity index is 160. The zero-order valence-corrected chi connectivity index (χ0v) is 11.8. The highest BCUT2D eigenvalue weighted by atomic mass is 16.5. The summed E-state index contributed by atoms with van der Waals surface area (Å²) in [5.74, 6) is 0. The van der Waals surface area contributed by atoms with Crippen LogP contribution in [0.25, 0.3) is 0 Å². The van der Waals surface area contributed by atoms with Gasteiger partial charge in [-0.15, -0.1) is 0 Å². The summed E-state index contributed by atoms with van der Waals surface area (Å²) in [6.45, 7) is 6.60. The maximum atomic E-state index is 5.65. The molecule has 0 spiro atoms. The lowest BCUT2D eigenvalue weighted by Gasteiger charge is -2.17. The first kappa shape index (κ1) is 15.0. The molecule has 2 heteroatoms. The van der Waals surface area contributed by atoms with Crippen molar-refractivity contribution in [3.63, 3.8) is 0 Å².